The number of amides is 3. The first-order valence-corrected chi connectivity index (χ1v) is 9.13. The number of halogens is 1. The standard InChI is InChI=1S/C20H24ClN3O2/c1-2-7-19(25)22-14-6-15-24(18-8-4-3-5-9-18)20(26)23-17-12-10-16(21)11-13-17/h3-5,8-13H,2,6-7,14-15H2,1H3,(H,22,25)(H,23,26). The molecule has 0 aliphatic carbocycles. The Hall–Kier alpha value is -2.53. The highest BCUT2D eigenvalue weighted by Gasteiger charge is 2.15. The van der Waals surface area contributed by atoms with Gasteiger partial charge in [-0.2, -0.15) is 0 Å². The third-order valence-corrected chi connectivity index (χ3v) is 4.02. The zero-order valence-electron chi connectivity index (χ0n) is 14.9. The van der Waals surface area contributed by atoms with Crippen LogP contribution in [0.4, 0.5) is 16.2 Å². The van der Waals surface area contributed by atoms with Crippen LogP contribution in [0, 0.1) is 0 Å². The molecule has 6 heteroatoms. The van der Waals surface area contributed by atoms with E-state index in [-0.39, 0.29) is 11.9 Å². The molecule has 2 rings (SSSR count). The van der Waals surface area contributed by atoms with E-state index in [2.05, 4.69) is 10.6 Å². The summed E-state index contributed by atoms with van der Waals surface area (Å²) in [6.07, 6.45) is 2.02. The summed E-state index contributed by atoms with van der Waals surface area (Å²) in [5, 5.41) is 6.37. The largest absolute Gasteiger partial charge is 0.356 e. The number of para-hydroxylation sites is 1. The Morgan fingerprint density at radius 1 is 1.04 bits per heavy atom. The molecule has 0 saturated heterocycles. The van der Waals surface area contributed by atoms with E-state index >= 15 is 0 Å². The fourth-order valence-corrected chi connectivity index (χ4v) is 2.59. The number of hydrogen-bond donors (Lipinski definition) is 2. The summed E-state index contributed by atoms with van der Waals surface area (Å²) in [5.41, 5.74) is 1.48. The van der Waals surface area contributed by atoms with Gasteiger partial charge in [0.2, 0.25) is 5.91 Å². The molecule has 0 aliphatic heterocycles. The van der Waals surface area contributed by atoms with Crippen molar-refractivity contribution in [2.45, 2.75) is 26.2 Å². The predicted octanol–water partition coefficient (Wildman–Crippen LogP) is 4.68. The first-order chi connectivity index (χ1) is 12.6. The van der Waals surface area contributed by atoms with Crippen LogP contribution in [0.3, 0.4) is 0 Å². The number of anilines is 2. The molecule has 138 valence electrons. The average Bonchev–Trinajstić information content (AvgIpc) is 2.64. The van der Waals surface area contributed by atoms with Gasteiger partial charge < -0.3 is 10.6 Å². The molecular weight excluding hydrogens is 350 g/mol. The van der Waals surface area contributed by atoms with Crippen molar-refractivity contribution in [1.82, 2.24) is 5.32 Å². The van der Waals surface area contributed by atoms with E-state index in [1.807, 2.05) is 37.3 Å². The molecule has 26 heavy (non-hydrogen) atoms. The average molecular weight is 374 g/mol. The number of nitrogens with zero attached hydrogens (tertiary/aromatic N) is 1. The molecule has 0 fully saturated rings. The van der Waals surface area contributed by atoms with E-state index in [4.69, 9.17) is 11.6 Å². The molecule has 5 nitrogen and oxygen atoms in total. The second-order valence-corrected chi connectivity index (χ2v) is 6.31. The van der Waals surface area contributed by atoms with E-state index in [1.54, 1.807) is 29.2 Å². The summed E-state index contributed by atoms with van der Waals surface area (Å²) < 4.78 is 0. The topological polar surface area (TPSA) is 61.4 Å². The van der Waals surface area contributed by atoms with Gasteiger partial charge in [-0.25, -0.2) is 4.79 Å². The molecule has 0 bridgehead atoms. The first kappa shape index (κ1) is 19.8. The van der Waals surface area contributed by atoms with Crippen LogP contribution in [0.2, 0.25) is 5.02 Å². The van der Waals surface area contributed by atoms with Gasteiger partial charge in [-0.05, 0) is 49.2 Å². The van der Waals surface area contributed by atoms with Crippen LogP contribution in [0.1, 0.15) is 26.2 Å². The zero-order valence-corrected chi connectivity index (χ0v) is 15.6. The molecule has 2 N–H and O–H groups in total. The van der Waals surface area contributed by atoms with E-state index in [9.17, 15) is 9.59 Å². The fraction of sp³-hybridized carbons (Fsp3) is 0.300. The number of rotatable bonds is 8. The van der Waals surface area contributed by atoms with Gasteiger partial charge in [0.15, 0.2) is 0 Å². The molecule has 0 aliphatic rings. The lowest BCUT2D eigenvalue weighted by Gasteiger charge is -2.23. The monoisotopic (exact) mass is 373 g/mol. The molecule has 0 atom stereocenters. The molecule has 0 spiro atoms. The Kier molecular flexibility index (Phi) is 7.96. The molecule has 2 aromatic rings. The Labute approximate surface area is 159 Å². The van der Waals surface area contributed by atoms with Gasteiger partial charge in [0, 0.05) is 35.9 Å². The second kappa shape index (κ2) is 10.5. The van der Waals surface area contributed by atoms with Crippen LogP contribution in [-0.2, 0) is 4.79 Å². The number of urea groups is 1. The Morgan fingerprint density at radius 3 is 2.38 bits per heavy atom. The highest BCUT2D eigenvalue weighted by molar-refractivity contribution is 6.30. The van der Waals surface area contributed by atoms with Gasteiger partial charge in [0.25, 0.3) is 0 Å². The molecule has 0 radical (unpaired) electrons. The number of benzene rings is 2. The molecule has 0 aromatic heterocycles. The highest BCUT2D eigenvalue weighted by Crippen LogP contribution is 2.18. The van der Waals surface area contributed by atoms with Crippen LogP contribution in [0.5, 0.6) is 0 Å². The predicted molar refractivity (Wildman–Crippen MR) is 107 cm³/mol. The lowest BCUT2D eigenvalue weighted by molar-refractivity contribution is -0.121. The third-order valence-electron chi connectivity index (χ3n) is 3.77. The summed E-state index contributed by atoms with van der Waals surface area (Å²) in [4.78, 5) is 25.9. The maximum absolute atomic E-state index is 12.7. The Morgan fingerprint density at radius 2 is 1.73 bits per heavy atom. The minimum atomic E-state index is -0.224. The maximum Gasteiger partial charge on any atom is 0.326 e. The normalized spacial score (nSPS) is 10.2. The van der Waals surface area contributed by atoms with Crippen LogP contribution >= 0.6 is 11.6 Å². The van der Waals surface area contributed by atoms with Gasteiger partial charge in [0.05, 0.1) is 0 Å². The van der Waals surface area contributed by atoms with Crippen molar-refractivity contribution >= 4 is 34.9 Å². The number of carbonyl (C=O) groups is 2. The summed E-state index contributed by atoms with van der Waals surface area (Å²) in [7, 11) is 0. The van der Waals surface area contributed by atoms with Crippen molar-refractivity contribution in [3.8, 4) is 0 Å². The molecule has 0 heterocycles. The SMILES string of the molecule is CCCC(=O)NCCCN(C(=O)Nc1ccc(Cl)cc1)c1ccccc1. The molecule has 3 amide bonds. The zero-order chi connectivity index (χ0) is 18.8. The number of hydrogen-bond acceptors (Lipinski definition) is 2. The van der Waals surface area contributed by atoms with E-state index < -0.39 is 0 Å². The third kappa shape index (κ3) is 6.41. The number of nitrogens with one attached hydrogen (secondary N) is 2. The fourth-order valence-electron chi connectivity index (χ4n) is 2.46. The molecule has 0 unspecified atom stereocenters. The lowest BCUT2D eigenvalue weighted by atomic mass is 10.2. The van der Waals surface area contributed by atoms with Crippen LogP contribution in [0.25, 0.3) is 0 Å². The summed E-state index contributed by atoms with van der Waals surface area (Å²) >= 11 is 5.88. The van der Waals surface area contributed by atoms with Crippen molar-refractivity contribution in [3.63, 3.8) is 0 Å². The van der Waals surface area contributed by atoms with Crippen molar-refractivity contribution < 1.29 is 9.59 Å². The van der Waals surface area contributed by atoms with E-state index in [0.29, 0.717) is 36.6 Å². The van der Waals surface area contributed by atoms with Crippen molar-refractivity contribution in [2.75, 3.05) is 23.3 Å². The van der Waals surface area contributed by atoms with Gasteiger partial charge in [-0.3, -0.25) is 9.69 Å². The highest BCUT2D eigenvalue weighted by atomic mass is 35.5. The van der Waals surface area contributed by atoms with Crippen molar-refractivity contribution in [3.05, 3.63) is 59.6 Å². The lowest BCUT2D eigenvalue weighted by Crippen LogP contribution is -2.37. The van der Waals surface area contributed by atoms with Crippen LogP contribution in [0.15, 0.2) is 54.6 Å². The van der Waals surface area contributed by atoms with Gasteiger partial charge >= 0.3 is 6.03 Å². The quantitative estimate of drug-likeness (QED) is 0.659. The van der Waals surface area contributed by atoms with Crippen LogP contribution in [-0.4, -0.2) is 25.0 Å². The van der Waals surface area contributed by atoms with Crippen molar-refractivity contribution in [1.29, 1.82) is 0 Å². The maximum atomic E-state index is 12.7. The van der Waals surface area contributed by atoms with Crippen molar-refractivity contribution in [2.24, 2.45) is 0 Å². The Balaban J connectivity index is 1.98. The van der Waals surface area contributed by atoms with Gasteiger partial charge in [0.1, 0.15) is 0 Å². The van der Waals surface area contributed by atoms with Crippen LogP contribution < -0.4 is 15.5 Å². The summed E-state index contributed by atoms with van der Waals surface area (Å²) in [6, 6.07) is 16.2. The van der Waals surface area contributed by atoms with Gasteiger partial charge in [-0.1, -0.05) is 36.7 Å². The summed E-state index contributed by atoms with van der Waals surface area (Å²) in [6.45, 7) is 3.00. The molecule has 0 saturated carbocycles. The Bertz CT molecular complexity index is 705. The molecule has 2 aromatic carbocycles. The smallest absolute Gasteiger partial charge is 0.326 e. The molecular formula is C20H24ClN3O2. The van der Waals surface area contributed by atoms with E-state index in [0.717, 1.165) is 12.1 Å². The minimum absolute atomic E-state index is 0.0457. The summed E-state index contributed by atoms with van der Waals surface area (Å²) in [5.74, 6) is 0.0457. The second-order valence-electron chi connectivity index (χ2n) is 5.88. The van der Waals surface area contributed by atoms with Gasteiger partial charge in [-0.15, -0.1) is 0 Å². The van der Waals surface area contributed by atoms with E-state index in [1.165, 1.54) is 0 Å². The first-order valence-electron chi connectivity index (χ1n) is 8.76. The minimum Gasteiger partial charge on any atom is -0.356 e. The number of carbonyl (C=O) groups excluding carboxylic acids is 2.